The van der Waals surface area contributed by atoms with Crippen molar-refractivity contribution in [1.29, 1.82) is 0 Å². The van der Waals surface area contributed by atoms with Gasteiger partial charge >= 0.3 is 6.03 Å². The first-order valence-electron chi connectivity index (χ1n) is 6.07. The Bertz CT molecular complexity index is 390. The summed E-state index contributed by atoms with van der Waals surface area (Å²) in [6.45, 7) is 5.68. The molecule has 0 aromatic carbocycles. The van der Waals surface area contributed by atoms with Crippen LogP contribution >= 0.6 is 0 Å². The number of nitrogens with zero attached hydrogens (tertiary/aromatic N) is 1. The molecule has 1 aromatic heterocycles. The number of urea groups is 1. The van der Waals surface area contributed by atoms with Crippen LogP contribution in [-0.4, -0.2) is 17.2 Å². The fourth-order valence-corrected chi connectivity index (χ4v) is 2.16. The lowest BCUT2D eigenvalue weighted by Gasteiger charge is -2.27. The molecule has 5 nitrogen and oxygen atoms in total. The van der Waals surface area contributed by atoms with Crippen LogP contribution in [0.5, 0.6) is 0 Å². The van der Waals surface area contributed by atoms with Gasteiger partial charge in [-0.05, 0) is 40.0 Å². The molecule has 1 aliphatic rings. The zero-order valence-electron chi connectivity index (χ0n) is 10.5. The molecule has 2 N–H and O–H groups in total. The summed E-state index contributed by atoms with van der Waals surface area (Å²) in [5.41, 5.74) is 1.80. The molecule has 2 rings (SSSR count). The van der Waals surface area contributed by atoms with E-state index >= 15 is 0 Å². The number of carbonyl (C=O) groups is 1. The van der Waals surface area contributed by atoms with E-state index < -0.39 is 0 Å². The predicted molar refractivity (Wildman–Crippen MR) is 63.7 cm³/mol. The molecule has 1 unspecified atom stereocenters. The van der Waals surface area contributed by atoms with E-state index in [0.29, 0.717) is 6.04 Å². The van der Waals surface area contributed by atoms with Gasteiger partial charge in [-0.1, -0.05) is 5.16 Å². The van der Waals surface area contributed by atoms with Crippen molar-refractivity contribution >= 4 is 6.03 Å². The summed E-state index contributed by atoms with van der Waals surface area (Å²) in [4.78, 5) is 11.7. The maximum atomic E-state index is 11.7. The lowest BCUT2D eigenvalue weighted by atomic mass is 9.93. The number of carbonyl (C=O) groups excluding carboxylic acids is 1. The van der Waals surface area contributed by atoms with Crippen molar-refractivity contribution in [2.75, 3.05) is 0 Å². The molecular weight excluding hydrogens is 218 g/mol. The highest BCUT2D eigenvalue weighted by Crippen LogP contribution is 2.21. The van der Waals surface area contributed by atoms with Crippen LogP contribution in [0.25, 0.3) is 0 Å². The van der Waals surface area contributed by atoms with Crippen LogP contribution in [-0.2, 0) is 0 Å². The Morgan fingerprint density at radius 1 is 1.47 bits per heavy atom. The summed E-state index contributed by atoms with van der Waals surface area (Å²) in [5, 5.41) is 9.75. The van der Waals surface area contributed by atoms with Gasteiger partial charge in [0.15, 0.2) is 0 Å². The Morgan fingerprint density at radius 3 is 2.65 bits per heavy atom. The second kappa shape index (κ2) is 4.77. The molecule has 1 aliphatic carbocycles. The molecule has 1 fully saturated rings. The molecule has 2 amide bonds. The Kier molecular flexibility index (Phi) is 3.36. The predicted octanol–water partition coefficient (Wildman–Crippen LogP) is 2.20. The fraction of sp³-hybridized carbons (Fsp3) is 0.667. The average molecular weight is 237 g/mol. The molecule has 0 radical (unpaired) electrons. The van der Waals surface area contributed by atoms with Gasteiger partial charge in [-0.25, -0.2) is 4.79 Å². The van der Waals surface area contributed by atoms with Crippen molar-refractivity contribution in [3.63, 3.8) is 0 Å². The third kappa shape index (κ3) is 2.60. The van der Waals surface area contributed by atoms with Crippen LogP contribution < -0.4 is 10.6 Å². The van der Waals surface area contributed by atoms with Crippen LogP contribution in [0.1, 0.15) is 49.2 Å². The van der Waals surface area contributed by atoms with Crippen LogP contribution in [0, 0.1) is 13.8 Å². The summed E-state index contributed by atoms with van der Waals surface area (Å²) in [6.07, 6.45) is 3.39. The third-order valence-electron chi connectivity index (χ3n) is 3.31. The average Bonchev–Trinajstić information content (AvgIpc) is 2.52. The highest BCUT2D eigenvalue weighted by Gasteiger charge is 2.22. The van der Waals surface area contributed by atoms with Crippen molar-refractivity contribution in [3.8, 4) is 0 Å². The minimum Gasteiger partial charge on any atom is -0.361 e. The second-order valence-electron chi connectivity index (χ2n) is 4.71. The molecule has 17 heavy (non-hydrogen) atoms. The lowest BCUT2D eigenvalue weighted by molar-refractivity contribution is 0.225. The monoisotopic (exact) mass is 237 g/mol. The topological polar surface area (TPSA) is 67.2 Å². The second-order valence-corrected chi connectivity index (χ2v) is 4.71. The third-order valence-corrected chi connectivity index (χ3v) is 3.31. The van der Waals surface area contributed by atoms with E-state index in [4.69, 9.17) is 4.52 Å². The Labute approximate surface area is 101 Å². The van der Waals surface area contributed by atoms with Crippen molar-refractivity contribution < 1.29 is 9.32 Å². The number of amides is 2. The van der Waals surface area contributed by atoms with E-state index in [-0.39, 0.29) is 12.1 Å². The minimum absolute atomic E-state index is 0.0821. The summed E-state index contributed by atoms with van der Waals surface area (Å²) in [5.74, 6) is 0.763. The summed E-state index contributed by atoms with van der Waals surface area (Å²) in [6, 6.07) is 0.162. The summed E-state index contributed by atoms with van der Waals surface area (Å²) in [7, 11) is 0. The highest BCUT2D eigenvalue weighted by molar-refractivity contribution is 5.74. The molecule has 1 atom stereocenters. The van der Waals surface area contributed by atoms with Gasteiger partial charge in [0.05, 0.1) is 11.7 Å². The number of rotatable bonds is 3. The van der Waals surface area contributed by atoms with Crippen molar-refractivity contribution in [1.82, 2.24) is 15.8 Å². The quantitative estimate of drug-likeness (QED) is 0.847. The van der Waals surface area contributed by atoms with Gasteiger partial charge in [-0.2, -0.15) is 0 Å². The van der Waals surface area contributed by atoms with Gasteiger partial charge in [0.25, 0.3) is 0 Å². The lowest BCUT2D eigenvalue weighted by Crippen LogP contribution is -2.45. The van der Waals surface area contributed by atoms with E-state index in [9.17, 15) is 4.79 Å². The summed E-state index contributed by atoms with van der Waals surface area (Å²) < 4.78 is 5.09. The van der Waals surface area contributed by atoms with E-state index in [2.05, 4.69) is 15.8 Å². The number of hydrogen-bond donors (Lipinski definition) is 2. The van der Waals surface area contributed by atoms with E-state index in [0.717, 1.165) is 29.9 Å². The van der Waals surface area contributed by atoms with E-state index in [1.807, 2.05) is 20.8 Å². The fourth-order valence-electron chi connectivity index (χ4n) is 2.16. The maximum absolute atomic E-state index is 11.7. The SMILES string of the molecule is Cc1noc(C)c1C(C)NC(=O)NC1CCC1. The molecule has 1 aromatic rings. The van der Waals surface area contributed by atoms with Crippen LogP contribution in [0.4, 0.5) is 4.79 Å². The minimum atomic E-state index is -0.109. The van der Waals surface area contributed by atoms with Crippen LogP contribution in [0.3, 0.4) is 0 Å². The van der Waals surface area contributed by atoms with Gasteiger partial charge in [0.1, 0.15) is 5.76 Å². The largest absolute Gasteiger partial charge is 0.361 e. The van der Waals surface area contributed by atoms with Crippen molar-refractivity contribution in [2.45, 2.75) is 52.1 Å². The van der Waals surface area contributed by atoms with Crippen LogP contribution in [0.15, 0.2) is 4.52 Å². The molecule has 0 bridgehead atoms. The van der Waals surface area contributed by atoms with E-state index in [1.165, 1.54) is 6.42 Å². The molecule has 5 heteroatoms. The Hall–Kier alpha value is -1.52. The molecule has 1 saturated carbocycles. The van der Waals surface area contributed by atoms with Gasteiger partial charge in [-0.15, -0.1) is 0 Å². The summed E-state index contributed by atoms with van der Waals surface area (Å²) >= 11 is 0. The first-order chi connectivity index (χ1) is 8.08. The van der Waals surface area contributed by atoms with Crippen molar-refractivity contribution in [2.24, 2.45) is 0 Å². The Morgan fingerprint density at radius 2 is 2.18 bits per heavy atom. The van der Waals surface area contributed by atoms with Gasteiger partial charge in [0, 0.05) is 11.6 Å². The normalized spacial score (nSPS) is 17.4. The van der Waals surface area contributed by atoms with Gasteiger partial charge in [0.2, 0.25) is 0 Å². The number of nitrogens with one attached hydrogen (secondary N) is 2. The first kappa shape index (κ1) is 12.0. The molecule has 0 saturated heterocycles. The zero-order chi connectivity index (χ0) is 12.4. The molecule has 1 heterocycles. The standard InChI is InChI=1S/C12H19N3O2/c1-7(11-8(2)15-17-9(11)3)13-12(16)14-10-5-4-6-10/h7,10H,4-6H2,1-3H3,(H2,13,14,16). The molecule has 0 aliphatic heterocycles. The molecule has 94 valence electrons. The number of aromatic nitrogens is 1. The molecule has 0 spiro atoms. The first-order valence-corrected chi connectivity index (χ1v) is 6.07. The smallest absolute Gasteiger partial charge is 0.315 e. The maximum Gasteiger partial charge on any atom is 0.315 e. The van der Waals surface area contributed by atoms with Gasteiger partial charge in [-0.3, -0.25) is 0 Å². The van der Waals surface area contributed by atoms with E-state index in [1.54, 1.807) is 0 Å². The molecular formula is C12H19N3O2. The zero-order valence-corrected chi connectivity index (χ0v) is 10.5. The number of hydrogen-bond acceptors (Lipinski definition) is 3. The highest BCUT2D eigenvalue weighted by atomic mass is 16.5. The Balaban J connectivity index is 1.91. The van der Waals surface area contributed by atoms with Gasteiger partial charge < -0.3 is 15.2 Å². The van der Waals surface area contributed by atoms with Crippen molar-refractivity contribution in [3.05, 3.63) is 17.0 Å². The van der Waals surface area contributed by atoms with Crippen LogP contribution in [0.2, 0.25) is 0 Å². The number of aryl methyl sites for hydroxylation is 2.